The summed E-state index contributed by atoms with van der Waals surface area (Å²) in [6.45, 7) is 0. The van der Waals surface area contributed by atoms with E-state index in [1.54, 1.807) is 17.8 Å². The van der Waals surface area contributed by atoms with Gasteiger partial charge in [0.2, 0.25) is 0 Å². The van der Waals surface area contributed by atoms with Crippen LogP contribution < -0.4 is 15.8 Å². The Hall–Kier alpha value is -1.88. The van der Waals surface area contributed by atoms with Gasteiger partial charge in [-0.25, -0.2) is 4.39 Å². The van der Waals surface area contributed by atoms with Gasteiger partial charge in [-0.15, -0.1) is 11.8 Å². The second kappa shape index (κ2) is 5.84. The van der Waals surface area contributed by atoms with Crippen molar-refractivity contribution in [3.05, 3.63) is 42.2 Å². The second-order valence-corrected chi connectivity index (χ2v) is 4.75. The minimum absolute atomic E-state index is 0.165. The van der Waals surface area contributed by atoms with Crippen molar-refractivity contribution in [2.24, 2.45) is 0 Å². The Morgan fingerprint density at radius 1 is 1.21 bits per heavy atom. The summed E-state index contributed by atoms with van der Waals surface area (Å²) in [6, 6.07) is 10.7. The fourth-order valence-corrected chi connectivity index (χ4v) is 2.28. The predicted molar refractivity (Wildman–Crippen MR) is 78.9 cm³/mol. The van der Waals surface area contributed by atoms with Crippen LogP contribution >= 0.6 is 11.8 Å². The molecule has 0 spiro atoms. The molecule has 0 bridgehead atoms. The number of nitrogens with one attached hydrogen (secondary N) is 1. The summed E-state index contributed by atoms with van der Waals surface area (Å²) in [5.41, 5.74) is 7.71. The van der Waals surface area contributed by atoms with Gasteiger partial charge >= 0.3 is 0 Å². The molecule has 0 amide bonds. The van der Waals surface area contributed by atoms with Crippen LogP contribution in [0.15, 0.2) is 41.3 Å². The molecule has 5 heteroatoms. The standard InChI is InChI=1S/C14H15FN2OS/c1-18-13-8-12(10(16)7-9(13)15)17-11-5-3-4-6-14(11)19-2/h3-8,17H,16H2,1-2H3. The number of nitrogen functional groups attached to an aromatic ring is 1. The van der Waals surface area contributed by atoms with Gasteiger partial charge in [-0.1, -0.05) is 12.1 Å². The molecule has 2 rings (SSSR count). The summed E-state index contributed by atoms with van der Waals surface area (Å²) in [5, 5.41) is 3.20. The largest absolute Gasteiger partial charge is 0.494 e. The lowest BCUT2D eigenvalue weighted by Gasteiger charge is -2.14. The number of halogens is 1. The Bertz CT molecular complexity index is 590. The highest BCUT2D eigenvalue weighted by molar-refractivity contribution is 7.98. The van der Waals surface area contributed by atoms with Crippen LogP contribution in [0.1, 0.15) is 0 Å². The molecule has 0 radical (unpaired) electrons. The Morgan fingerprint density at radius 3 is 2.63 bits per heavy atom. The average Bonchev–Trinajstić information content (AvgIpc) is 2.42. The van der Waals surface area contributed by atoms with E-state index in [0.717, 1.165) is 10.6 Å². The topological polar surface area (TPSA) is 47.3 Å². The Balaban J connectivity index is 2.38. The van der Waals surface area contributed by atoms with E-state index in [0.29, 0.717) is 11.4 Å². The number of hydrogen-bond donors (Lipinski definition) is 2. The Morgan fingerprint density at radius 2 is 1.95 bits per heavy atom. The van der Waals surface area contributed by atoms with Crippen LogP contribution in [-0.2, 0) is 0 Å². The lowest BCUT2D eigenvalue weighted by atomic mass is 10.2. The number of methoxy groups -OCH3 is 1. The third-order valence-corrected chi connectivity index (χ3v) is 3.50. The second-order valence-electron chi connectivity index (χ2n) is 3.90. The van der Waals surface area contributed by atoms with Crippen molar-refractivity contribution in [2.75, 3.05) is 24.4 Å². The zero-order valence-electron chi connectivity index (χ0n) is 10.7. The van der Waals surface area contributed by atoms with E-state index in [9.17, 15) is 4.39 Å². The van der Waals surface area contributed by atoms with Crippen LogP contribution in [0.2, 0.25) is 0 Å². The van der Waals surface area contributed by atoms with Gasteiger partial charge in [-0.3, -0.25) is 0 Å². The molecular weight excluding hydrogens is 263 g/mol. The summed E-state index contributed by atoms with van der Waals surface area (Å²) < 4.78 is 18.4. The molecule has 0 saturated heterocycles. The number of rotatable bonds is 4. The van der Waals surface area contributed by atoms with Gasteiger partial charge in [0.1, 0.15) is 0 Å². The van der Waals surface area contributed by atoms with Gasteiger partial charge in [0.15, 0.2) is 11.6 Å². The van der Waals surface area contributed by atoms with Crippen LogP contribution in [0.5, 0.6) is 5.75 Å². The normalized spacial score (nSPS) is 10.3. The van der Waals surface area contributed by atoms with Gasteiger partial charge in [0.05, 0.1) is 24.2 Å². The minimum Gasteiger partial charge on any atom is -0.494 e. The van der Waals surface area contributed by atoms with Crippen LogP contribution in [0.25, 0.3) is 0 Å². The van der Waals surface area contributed by atoms with Gasteiger partial charge in [-0.05, 0) is 18.4 Å². The highest BCUT2D eigenvalue weighted by atomic mass is 32.2. The van der Waals surface area contributed by atoms with Gasteiger partial charge < -0.3 is 15.8 Å². The van der Waals surface area contributed by atoms with E-state index in [2.05, 4.69) is 5.32 Å². The van der Waals surface area contributed by atoms with Crippen molar-refractivity contribution in [3.8, 4) is 5.75 Å². The van der Waals surface area contributed by atoms with Crippen molar-refractivity contribution in [1.82, 2.24) is 0 Å². The van der Waals surface area contributed by atoms with Crippen LogP contribution in [0, 0.1) is 5.82 Å². The van der Waals surface area contributed by atoms with Crippen molar-refractivity contribution < 1.29 is 9.13 Å². The molecular formula is C14H15FN2OS. The Labute approximate surface area is 116 Å². The quantitative estimate of drug-likeness (QED) is 0.658. The number of benzene rings is 2. The highest BCUT2D eigenvalue weighted by Crippen LogP contribution is 2.33. The molecule has 3 N–H and O–H groups in total. The lowest BCUT2D eigenvalue weighted by Crippen LogP contribution is -2.00. The summed E-state index contributed by atoms with van der Waals surface area (Å²) in [6.07, 6.45) is 2.00. The lowest BCUT2D eigenvalue weighted by molar-refractivity contribution is 0.387. The van der Waals surface area contributed by atoms with E-state index < -0.39 is 5.82 Å². The molecule has 0 saturated carbocycles. The zero-order chi connectivity index (χ0) is 13.8. The van der Waals surface area contributed by atoms with Crippen molar-refractivity contribution in [1.29, 1.82) is 0 Å². The van der Waals surface area contributed by atoms with E-state index in [1.165, 1.54) is 13.2 Å². The van der Waals surface area contributed by atoms with Gasteiger partial charge in [0, 0.05) is 17.0 Å². The van der Waals surface area contributed by atoms with Crippen molar-refractivity contribution in [2.45, 2.75) is 4.90 Å². The molecule has 0 aliphatic carbocycles. The average molecular weight is 278 g/mol. The molecule has 19 heavy (non-hydrogen) atoms. The molecule has 0 heterocycles. The van der Waals surface area contributed by atoms with Crippen molar-refractivity contribution in [3.63, 3.8) is 0 Å². The number of para-hydroxylation sites is 1. The summed E-state index contributed by atoms with van der Waals surface area (Å²) in [4.78, 5) is 1.09. The number of ether oxygens (including phenoxy) is 1. The number of nitrogens with two attached hydrogens (primary N) is 1. The fourth-order valence-electron chi connectivity index (χ4n) is 1.73. The molecule has 0 aromatic heterocycles. The molecule has 0 atom stereocenters. The first-order chi connectivity index (χ1) is 9.15. The van der Waals surface area contributed by atoms with Crippen LogP contribution in [0.4, 0.5) is 21.5 Å². The smallest absolute Gasteiger partial charge is 0.167 e. The van der Waals surface area contributed by atoms with E-state index in [4.69, 9.17) is 10.5 Å². The minimum atomic E-state index is -0.469. The first-order valence-electron chi connectivity index (χ1n) is 5.68. The Kier molecular flexibility index (Phi) is 4.16. The van der Waals surface area contributed by atoms with Gasteiger partial charge in [0.25, 0.3) is 0 Å². The molecule has 2 aromatic carbocycles. The molecule has 0 aliphatic rings. The molecule has 100 valence electrons. The van der Waals surface area contributed by atoms with E-state index in [-0.39, 0.29) is 5.75 Å². The summed E-state index contributed by atoms with van der Waals surface area (Å²) in [5.74, 6) is -0.304. The molecule has 0 unspecified atom stereocenters. The zero-order valence-corrected chi connectivity index (χ0v) is 11.6. The van der Waals surface area contributed by atoms with E-state index in [1.807, 2.05) is 30.5 Å². The molecule has 0 aliphatic heterocycles. The number of anilines is 3. The maximum absolute atomic E-state index is 13.5. The highest BCUT2D eigenvalue weighted by Gasteiger charge is 2.09. The third-order valence-electron chi connectivity index (χ3n) is 2.70. The summed E-state index contributed by atoms with van der Waals surface area (Å²) >= 11 is 1.62. The first kappa shape index (κ1) is 13.5. The fraction of sp³-hybridized carbons (Fsp3) is 0.143. The maximum atomic E-state index is 13.5. The summed E-state index contributed by atoms with van der Waals surface area (Å²) in [7, 11) is 1.42. The number of hydrogen-bond acceptors (Lipinski definition) is 4. The predicted octanol–water partition coefficient (Wildman–Crippen LogP) is 3.88. The molecule has 3 nitrogen and oxygen atoms in total. The molecule has 2 aromatic rings. The number of thioether (sulfide) groups is 1. The van der Waals surface area contributed by atoms with E-state index >= 15 is 0 Å². The van der Waals surface area contributed by atoms with Gasteiger partial charge in [-0.2, -0.15) is 0 Å². The maximum Gasteiger partial charge on any atom is 0.167 e. The van der Waals surface area contributed by atoms with Crippen molar-refractivity contribution >= 4 is 28.8 Å². The first-order valence-corrected chi connectivity index (χ1v) is 6.91. The monoisotopic (exact) mass is 278 g/mol. The van der Waals surface area contributed by atoms with Crippen LogP contribution in [-0.4, -0.2) is 13.4 Å². The van der Waals surface area contributed by atoms with Crippen LogP contribution in [0.3, 0.4) is 0 Å². The molecule has 0 fully saturated rings. The SMILES string of the molecule is COc1cc(Nc2ccccc2SC)c(N)cc1F. The third kappa shape index (κ3) is 2.93.